The summed E-state index contributed by atoms with van der Waals surface area (Å²) in [4.78, 5) is 24.9. The van der Waals surface area contributed by atoms with Gasteiger partial charge in [0, 0.05) is 18.7 Å². The van der Waals surface area contributed by atoms with E-state index in [1.54, 1.807) is 32.0 Å². The van der Waals surface area contributed by atoms with Gasteiger partial charge in [-0.25, -0.2) is 5.43 Å². The number of carbonyl (C=O) groups excluding carboxylic acids is 2. The van der Waals surface area contributed by atoms with E-state index >= 15 is 0 Å². The van der Waals surface area contributed by atoms with Crippen LogP contribution in [0.3, 0.4) is 0 Å². The molecule has 1 aromatic carbocycles. The predicted octanol–water partition coefficient (Wildman–Crippen LogP) is 1.02. The van der Waals surface area contributed by atoms with E-state index in [4.69, 9.17) is 9.47 Å². The number of nitrogens with one attached hydrogen (secondary N) is 1. The first kappa shape index (κ1) is 17.5. The van der Waals surface area contributed by atoms with Crippen molar-refractivity contribution in [3.05, 3.63) is 23.8 Å². The molecule has 0 heterocycles. The Morgan fingerprint density at radius 3 is 2.45 bits per heavy atom. The average Bonchev–Trinajstić information content (AvgIpc) is 2.55. The fourth-order valence-corrected chi connectivity index (χ4v) is 1.88. The summed E-state index contributed by atoms with van der Waals surface area (Å²) in [6.45, 7) is 4.55. The molecule has 7 heteroatoms. The van der Waals surface area contributed by atoms with Crippen LogP contribution in [0.4, 0.5) is 0 Å². The summed E-state index contributed by atoms with van der Waals surface area (Å²) in [5, 5.41) is 3.79. The third kappa shape index (κ3) is 4.21. The Balaban J connectivity index is 2.78. The number of likely N-dealkylation sites (N-methyl/N-ethyl adjacent to an activating group) is 1. The van der Waals surface area contributed by atoms with Gasteiger partial charge in [-0.1, -0.05) is 6.07 Å². The molecule has 0 aliphatic heterocycles. The molecule has 0 aliphatic rings. The van der Waals surface area contributed by atoms with Gasteiger partial charge >= 0.3 is 11.8 Å². The van der Waals surface area contributed by atoms with Crippen LogP contribution in [0.2, 0.25) is 0 Å². The number of ether oxygens (including phenoxy) is 2. The molecule has 1 N–H and O–H groups in total. The van der Waals surface area contributed by atoms with Crippen molar-refractivity contribution in [2.75, 3.05) is 27.3 Å². The van der Waals surface area contributed by atoms with Crippen LogP contribution in [0.25, 0.3) is 0 Å². The van der Waals surface area contributed by atoms with Crippen LogP contribution in [0, 0.1) is 0 Å². The van der Waals surface area contributed by atoms with Crippen LogP contribution in [0.5, 0.6) is 11.5 Å². The Bertz CT molecular complexity index is 554. The number of hydrazone groups is 1. The van der Waals surface area contributed by atoms with E-state index in [-0.39, 0.29) is 0 Å². The second-order valence-electron chi connectivity index (χ2n) is 4.26. The van der Waals surface area contributed by atoms with Crippen LogP contribution < -0.4 is 14.9 Å². The van der Waals surface area contributed by atoms with E-state index in [1.165, 1.54) is 25.3 Å². The number of nitrogens with zero attached hydrogens (tertiary/aromatic N) is 2. The quantitative estimate of drug-likeness (QED) is 0.483. The van der Waals surface area contributed by atoms with Crippen molar-refractivity contribution in [3.63, 3.8) is 0 Å². The lowest BCUT2D eigenvalue weighted by Crippen LogP contribution is -2.41. The minimum atomic E-state index is -0.776. The molecule has 0 atom stereocenters. The highest BCUT2D eigenvalue weighted by Gasteiger charge is 2.18. The van der Waals surface area contributed by atoms with Crippen molar-refractivity contribution < 1.29 is 19.1 Å². The minimum Gasteiger partial charge on any atom is -0.493 e. The van der Waals surface area contributed by atoms with Gasteiger partial charge in [0.05, 0.1) is 20.4 Å². The largest absolute Gasteiger partial charge is 0.493 e. The molecule has 0 unspecified atom stereocenters. The zero-order valence-electron chi connectivity index (χ0n) is 13.3. The fourth-order valence-electron chi connectivity index (χ4n) is 1.88. The second-order valence-corrected chi connectivity index (χ2v) is 4.26. The molecule has 0 fully saturated rings. The van der Waals surface area contributed by atoms with E-state index in [0.29, 0.717) is 30.2 Å². The molecule has 2 amide bonds. The van der Waals surface area contributed by atoms with Gasteiger partial charge in [-0.15, -0.1) is 0 Å². The van der Waals surface area contributed by atoms with Gasteiger partial charge in [-0.3, -0.25) is 9.59 Å². The maximum Gasteiger partial charge on any atom is 0.329 e. The van der Waals surface area contributed by atoms with Gasteiger partial charge in [-0.2, -0.15) is 5.10 Å². The van der Waals surface area contributed by atoms with Crippen LogP contribution in [-0.2, 0) is 9.59 Å². The van der Waals surface area contributed by atoms with Crippen molar-refractivity contribution in [1.29, 1.82) is 0 Å². The van der Waals surface area contributed by atoms with Crippen LogP contribution in [0.15, 0.2) is 23.3 Å². The molecule has 1 aromatic rings. The van der Waals surface area contributed by atoms with Gasteiger partial charge < -0.3 is 14.4 Å². The lowest BCUT2D eigenvalue weighted by atomic mass is 10.2. The monoisotopic (exact) mass is 307 g/mol. The topological polar surface area (TPSA) is 80.2 Å². The predicted molar refractivity (Wildman–Crippen MR) is 83.2 cm³/mol. The molecule has 0 radical (unpaired) electrons. The van der Waals surface area contributed by atoms with E-state index in [9.17, 15) is 9.59 Å². The summed E-state index contributed by atoms with van der Waals surface area (Å²) >= 11 is 0. The van der Waals surface area contributed by atoms with Crippen molar-refractivity contribution in [1.82, 2.24) is 10.3 Å². The first-order valence-corrected chi connectivity index (χ1v) is 6.92. The SMILES string of the molecule is CCN(CC)C(=O)C(=O)N/N=C\c1cccc(OC)c1OC. The molecule has 0 bridgehead atoms. The number of hydrogen-bond acceptors (Lipinski definition) is 5. The highest BCUT2D eigenvalue weighted by molar-refractivity contribution is 6.34. The van der Waals surface area contributed by atoms with E-state index in [2.05, 4.69) is 10.5 Å². The number of hydrogen-bond donors (Lipinski definition) is 1. The summed E-state index contributed by atoms with van der Waals surface area (Å²) < 4.78 is 10.4. The van der Waals surface area contributed by atoms with Gasteiger partial charge in [0.2, 0.25) is 0 Å². The molecule has 120 valence electrons. The third-order valence-corrected chi connectivity index (χ3v) is 3.05. The molecule has 0 aliphatic carbocycles. The number of para-hydroxylation sites is 1. The van der Waals surface area contributed by atoms with Gasteiger partial charge in [0.15, 0.2) is 11.5 Å². The highest BCUT2D eigenvalue weighted by Crippen LogP contribution is 2.29. The highest BCUT2D eigenvalue weighted by atomic mass is 16.5. The lowest BCUT2D eigenvalue weighted by molar-refractivity contribution is -0.145. The summed E-state index contributed by atoms with van der Waals surface area (Å²) in [5.41, 5.74) is 2.83. The maximum atomic E-state index is 11.8. The summed E-state index contributed by atoms with van der Waals surface area (Å²) in [6, 6.07) is 5.27. The molecular formula is C15H21N3O4. The Hall–Kier alpha value is -2.57. The van der Waals surface area contributed by atoms with Crippen molar-refractivity contribution in [3.8, 4) is 11.5 Å². The molecule has 0 spiro atoms. The van der Waals surface area contributed by atoms with E-state index in [0.717, 1.165) is 0 Å². The van der Waals surface area contributed by atoms with E-state index in [1.807, 2.05) is 0 Å². The normalized spacial score (nSPS) is 10.4. The molecule has 0 aromatic heterocycles. The first-order valence-electron chi connectivity index (χ1n) is 6.92. The number of rotatable bonds is 6. The molecule has 7 nitrogen and oxygen atoms in total. The average molecular weight is 307 g/mol. The molecule has 0 saturated heterocycles. The standard InChI is InChI=1S/C15H21N3O4/c1-5-18(6-2)15(20)14(19)17-16-10-11-8-7-9-12(21-3)13(11)22-4/h7-10H,5-6H2,1-4H3,(H,17,19)/b16-10-. The number of carbonyl (C=O) groups is 2. The Morgan fingerprint density at radius 1 is 1.23 bits per heavy atom. The lowest BCUT2D eigenvalue weighted by Gasteiger charge is -2.16. The summed E-state index contributed by atoms with van der Waals surface area (Å²) in [5.74, 6) is -0.336. The molecular weight excluding hydrogens is 286 g/mol. The smallest absolute Gasteiger partial charge is 0.329 e. The molecule has 22 heavy (non-hydrogen) atoms. The number of methoxy groups -OCH3 is 2. The van der Waals surface area contributed by atoms with Crippen LogP contribution >= 0.6 is 0 Å². The van der Waals surface area contributed by atoms with Gasteiger partial charge in [-0.05, 0) is 26.0 Å². The van der Waals surface area contributed by atoms with Crippen molar-refractivity contribution in [2.24, 2.45) is 5.10 Å². The Kier molecular flexibility index (Phi) is 6.88. The maximum absolute atomic E-state index is 11.8. The Morgan fingerprint density at radius 2 is 1.91 bits per heavy atom. The second kappa shape index (κ2) is 8.66. The molecule has 0 saturated carbocycles. The van der Waals surface area contributed by atoms with Gasteiger partial charge in [0.25, 0.3) is 0 Å². The first-order chi connectivity index (χ1) is 10.6. The van der Waals surface area contributed by atoms with Crippen LogP contribution in [0.1, 0.15) is 19.4 Å². The third-order valence-electron chi connectivity index (χ3n) is 3.05. The zero-order valence-corrected chi connectivity index (χ0v) is 13.3. The number of amides is 2. The summed E-state index contributed by atoms with van der Waals surface area (Å²) in [6.07, 6.45) is 1.40. The Labute approximate surface area is 129 Å². The van der Waals surface area contributed by atoms with Crippen molar-refractivity contribution in [2.45, 2.75) is 13.8 Å². The van der Waals surface area contributed by atoms with Crippen molar-refractivity contribution >= 4 is 18.0 Å². The van der Waals surface area contributed by atoms with E-state index < -0.39 is 11.8 Å². The summed E-state index contributed by atoms with van der Waals surface area (Å²) in [7, 11) is 3.04. The minimum absolute atomic E-state index is 0.468. The fraction of sp³-hybridized carbons (Fsp3) is 0.400. The van der Waals surface area contributed by atoms with Gasteiger partial charge in [0.1, 0.15) is 0 Å². The zero-order chi connectivity index (χ0) is 16.5. The van der Waals surface area contributed by atoms with Crippen LogP contribution in [-0.4, -0.2) is 50.2 Å². The molecule has 1 rings (SSSR count). The number of benzene rings is 1.